The van der Waals surface area contributed by atoms with E-state index in [1.54, 1.807) is 0 Å². The number of carbonyl (C=O) groups is 2. The highest BCUT2D eigenvalue weighted by atomic mass is 19.1. The van der Waals surface area contributed by atoms with Gasteiger partial charge in [0.1, 0.15) is 17.7 Å². The molecular weight excluding hydrogens is 272 g/mol. The van der Waals surface area contributed by atoms with Crippen LogP contribution in [0.3, 0.4) is 0 Å². The van der Waals surface area contributed by atoms with Crippen molar-refractivity contribution in [3.8, 4) is 0 Å². The number of primary amides is 1. The Bertz CT molecular complexity index is 545. The fourth-order valence-corrected chi connectivity index (χ4v) is 1.79. The van der Waals surface area contributed by atoms with Crippen molar-refractivity contribution >= 4 is 17.5 Å². The van der Waals surface area contributed by atoms with Gasteiger partial charge < -0.3 is 21.1 Å². The minimum Gasteiger partial charge on any atom is -0.378 e. The molecule has 8 heteroatoms. The van der Waals surface area contributed by atoms with Gasteiger partial charge in [0.05, 0.1) is 24.5 Å². The van der Waals surface area contributed by atoms with Gasteiger partial charge in [-0.05, 0) is 6.07 Å². The standard InChI is InChI=1S/C12H13F2N3O3/c13-7-4-8(14)9(3-6(7)11(15)18)17-12(19)10-5-20-2-1-16-10/h3-4,10,16H,1-2,5H2,(H2,15,18)(H,17,19). The van der Waals surface area contributed by atoms with Gasteiger partial charge in [0.25, 0.3) is 5.91 Å². The molecule has 20 heavy (non-hydrogen) atoms. The molecule has 0 aliphatic carbocycles. The molecule has 0 aromatic heterocycles. The van der Waals surface area contributed by atoms with E-state index in [1.165, 1.54) is 0 Å². The minimum atomic E-state index is -1.08. The quantitative estimate of drug-likeness (QED) is 0.728. The number of hydrogen-bond acceptors (Lipinski definition) is 4. The molecule has 2 amide bonds. The zero-order valence-electron chi connectivity index (χ0n) is 10.4. The number of nitrogens with two attached hydrogens (primary N) is 1. The van der Waals surface area contributed by atoms with Crippen molar-refractivity contribution in [1.29, 1.82) is 0 Å². The summed E-state index contributed by atoms with van der Waals surface area (Å²) in [6.45, 7) is 1.13. The third-order valence-corrected chi connectivity index (χ3v) is 2.82. The summed E-state index contributed by atoms with van der Waals surface area (Å²) in [5, 5.41) is 5.15. The topological polar surface area (TPSA) is 93.5 Å². The Balaban J connectivity index is 2.18. The molecule has 1 aliphatic rings. The van der Waals surface area contributed by atoms with Crippen molar-refractivity contribution in [1.82, 2.24) is 5.32 Å². The number of rotatable bonds is 3. The second-order valence-corrected chi connectivity index (χ2v) is 4.25. The van der Waals surface area contributed by atoms with Crippen LogP contribution in [0.2, 0.25) is 0 Å². The van der Waals surface area contributed by atoms with Crippen LogP contribution < -0.4 is 16.4 Å². The van der Waals surface area contributed by atoms with Crippen LogP contribution in [0.15, 0.2) is 12.1 Å². The van der Waals surface area contributed by atoms with E-state index in [1.807, 2.05) is 0 Å². The first-order chi connectivity index (χ1) is 9.49. The maximum atomic E-state index is 13.6. The van der Waals surface area contributed by atoms with Crippen molar-refractivity contribution in [3.63, 3.8) is 0 Å². The highest BCUT2D eigenvalue weighted by Gasteiger charge is 2.23. The normalized spacial score (nSPS) is 18.6. The Hall–Kier alpha value is -2.06. The smallest absolute Gasteiger partial charge is 0.251 e. The van der Waals surface area contributed by atoms with Gasteiger partial charge in [-0.3, -0.25) is 9.59 Å². The average Bonchev–Trinajstić information content (AvgIpc) is 2.42. The van der Waals surface area contributed by atoms with Crippen molar-refractivity contribution < 1.29 is 23.1 Å². The first-order valence-electron chi connectivity index (χ1n) is 5.90. The van der Waals surface area contributed by atoms with Crippen LogP contribution in [-0.2, 0) is 9.53 Å². The summed E-state index contributed by atoms with van der Waals surface area (Å²) < 4.78 is 32.0. The van der Waals surface area contributed by atoms with Crippen LogP contribution in [0, 0.1) is 11.6 Å². The lowest BCUT2D eigenvalue weighted by Gasteiger charge is -2.23. The van der Waals surface area contributed by atoms with E-state index >= 15 is 0 Å². The van der Waals surface area contributed by atoms with Crippen molar-refractivity contribution in [3.05, 3.63) is 29.3 Å². The Kier molecular flexibility index (Phi) is 4.26. The van der Waals surface area contributed by atoms with E-state index in [0.717, 1.165) is 6.07 Å². The molecule has 1 fully saturated rings. The molecule has 6 nitrogen and oxygen atoms in total. The summed E-state index contributed by atoms with van der Waals surface area (Å²) in [7, 11) is 0. The van der Waals surface area contributed by atoms with Gasteiger partial charge >= 0.3 is 0 Å². The van der Waals surface area contributed by atoms with E-state index in [9.17, 15) is 18.4 Å². The lowest BCUT2D eigenvalue weighted by molar-refractivity contribution is -0.120. The third-order valence-electron chi connectivity index (χ3n) is 2.82. The molecule has 4 N–H and O–H groups in total. The minimum absolute atomic E-state index is 0.150. The molecule has 1 heterocycles. The second-order valence-electron chi connectivity index (χ2n) is 4.25. The molecule has 1 saturated heterocycles. The maximum Gasteiger partial charge on any atom is 0.251 e. The number of amides is 2. The number of benzene rings is 1. The SMILES string of the molecule is NC(=O)c1cc(NC(=O)C2COCCN2)c(F)cc1F. The fraction of sp³-hybridized carbons (Fsp3) is 0.333. The summed E-state index contributed by atoms with van der Waals surface area (Å²) in [5.41, 5.74) is 4.16. The van der Waals surface area contributed by atoms with Crippen LogP contribution in [0.5, 0.6) is 0 Å². The third kappa shape index (κ3) is 3.09. The van der Waals surface area contributed by atoms with Crippen LogP contribution in [0.1, 0.15) is 10.4 Å². The average molecular weight is 285 g/mol. The number of halogens is 2. The molecule has 0 bridgehead atoms. The summed E-state index contributed by atoms with van der Waals surface area (Å²) in [5.74, 6) is -3.65. The van der Waals surface area contributed by atoms with Gasteiger partial charge in [-0.2, -0.15) is 0 Å². The van der Waals surface area contributed by atoms with Gasteiger partial charge in [-0.1, -0.05) is 0 Å². The molecule has 1 aromatic carbocycles. The van der Waals surface area contributed by atoms with Gasteiger partial charge in [0.2, 0.25) is 5.91 Å². The van der Waals surface area contributed by atoms with Gasteiger partial charge in [0.15, 0.2) is 0 Å². The van der Waals surface area contributed by atoms with Crippen LogP contribution in [-0.4, -0.2) is 37.6 Å². The molecule has 2 rings (SSSR count). The van der Waals surface area contributed by atoms with E-state index in [4.69, 9.17) is 10.5 Å². The molecule has 0 radical (unpaired) electrons. The van der Waals surface area contributed by atoms with Crippen LogP contribution >= 0.6 is 0 Å². The zero-order chi connectivity index (χ0) is 14.7. The number of carbonyl (C=O) groups excluding carboxylic acids is 2. The summed E-state index contributed by atoms with van der Waals surface area (Å²) >= 11 is 0. The van der Waals surface area contributed by atoms with Crippen molar-refractivity contribution in [2.24, 2.45) is 5.73 Å². The molecule has 1 aliphatic heterocycles. The number of anilines is 1. The molecule has 1 unspecified atom stereocenters. The lowest BCUT2D eigenvalue weighted by atomic mass is 10.1. The predicted octanol–water partition coefficient (Wildman–Crippen LogP) is -0.00940. The Morgan fingerprint density at radius 3 is 2.70 bits per heavy atom. The molecular formula is C12H13F2N3O3. The van der Waals surface area contributed by atoms with E-state index < -0.39 is 35.1 Å². The lowest BCUT2D eigenvalue weighted by Crippen LogP contribution is -2.48. The van der Waals surface area contributed by atoms with Gasteiger partial charge in [0, 0.05) is 12.6 Å². The Labute approximate surface area is 113 Å². The second kappa shape index (κ2) is 5.93. The number of morpholine rings is 1. The Morgan fingerprint density at radius 1 is 1.35 bits per heavy atom. The largest absolute Gasteiger partial charge is 0.378 e. The van der Waals surface area contributed by atoms with E-state index in [-0.39, 0.29) is 12.3 Å². The van der Waals surface area contributed by atoms with Gasteiger partial charge in [-0.15, -0.1) is 0 Å². The monoisotopic (exact) mass is 285 g/mol. The van der Waals surface area contributed by atoms with E-state index in [2.05, 4.69) is 10.6 Å². The number of hydrogen-bond donors (Lipinski definition) is 3. The highest BCUT2D eigenvalue weighted by Crippen LogP contribution is 2.19. The first-order valence-corrected chi connectivity index (χ1v) is 5.90. The summed E-state index contributed by atoms with van der Waals surface area (Å²) in [6.07, 6.45) is 0. The maximum absolute atomic E-state index is 13.6. The van der Waals surface area contributed by atoms with Crippen molar-refractivity contribution in [2.45, 2.75) is 6.04 Å². The Morgan fingerprint density at radius 2 is 2.10 bits per heavy atom. The molecule has 1 aromatic rings. The summed E-state index contributed by atoms with van der Waals surface area (Å²) in [6, 6.07) is 0.736. The van der Waals surface area contributed by atoms with Crippen LogP contribution in [0.4, 0.5) is 14.5 Å². The molecule has 1 atom stereocenters. The molecule has 108 valence electrons. The van der Waals surface area contributed by atoms with Crippen LogP contribution in [0.25, 0.3) is 0 Å². The fourth-order valence-electron chi connectivity index (χ4n) is 1.79. The molecule has 0 saturated carbocycles. The first kappa shape index (κ1) is 14.4. The van der Waals surface area contributed by atoms with E-state index in [0.29, 0.717) is 19.2 Å². The number of nitrogens with one attached hydrogen (secondary N) is 2. The van der Waals surface area contributed by atoms with Gasteiger partial charge in [-0.25, -0.2) is 8.78 Å². The summed E-state index contributed by atoms with van der Waals surface area (Å²) in [4.78, 5) is 22.8. The molecule has 0 spiro atoms. The highest BCUT2D eigenvalue weighted by molar-refractivity contribution is 5.98. The zero-order valence-corrected chi connectivity index (χ0v) is 10.4. The number of ether oxygens (including phenoxy) is 1. The van der Waals surface area contributed by atoms with Crippen molar-refractivity contribution in [2.75, 3.05) is 25.1 Å². The predicted molar refractivity (Wildman–Crippen MR) is 66.1 cm³/mol.